The van der Waals surface area contributed by atoms with Gasteiger partial charge in [-0.2, -0.15) is 0 Å². The smallest absolute Gasteiger partial charge is 0.255 e. The highest BCUT2D eigenvalue weighted by molar-refractivity contribution is 7.89. The molecule has 2 N–H and O–H groups in total. The topological polar surface area (TPSA) is 84.5 Å². The Balaban J connectivity index is 1.72. The molecule has 0 spiro atoms. The van der Waals surface area contributed by atoms with Crippen LogP contribution in [0.15, 0.2) is 83.8 Å². The van der Waals surface area contributed by atoms with Gasteiger partial charge in [-0.1, -0.05) is 24.3 Å². The van der Waals surface area contributed by atoms with Gasteiger partial charge >= 0.3 is 0 Å². The van der Waals surface area contributed by atoms with E-state index in [0.29, 0.717) is 22.7 Å². The summed E-state index contributed by atoms with van der Waals surface area (Å²) in [7, 11) is -2.17. The molecule has 0 aliphatic carbocycles. The number of rotatable bonds is 6. The predicted molar refractivity (Wildman–Crippen MR) is 104 cm³/mol. The van der Waals surface area contributed by atoms with Crippen molar-refractivity contribution < 1.29 is 17.9 Å². The zero-order chi connectivity index (χ0) is 19.3. The number of benzene rings is 3. The summed E-state index contributed by atoms with van der Waals surface area (Å²) in [6.45, 7) is 0. The molecule has 0 heterocycles. The highest BCUT2D eigenvalue weighted by Gasteiger charge is 2.12. The number of carbonyl (C=O) groups excluding carboxylic acids is 1. The van der Waals surface area contributed by atoms with Gasteiger partial charge in [0.1, 0.15) is 11.5 Å². The van der Waals surface area contributed by atoms with Crippen LogP contribution < -0.4 is 14.8 Å². The summed E-state index contributed by atoms with van der Waals surface area (Å²) in [5.74, 6) is 0.901. The summed E-state index contributed by atoms with van der Waals surface area (Å²) in [6.07, 6.45) is 0. The normalized spacial score (nSPS) is 11.0. The molecule has 138 valence electrons. The van der Waals surface area contributed by atoms with E-state index in [4.69, 9.17) is 4.74 Å². The highest BCUT2D eigenvalue weighted by Crippen LogP contribution is 2.22. The van der Waals surface area contributed by atoms with Crippen LogP contribution in [0.4, 0.5) is 5.69 Å². The number of sulfonamides is 1. The Labute approximate surface area is 157 Å². The van der Waals surface area contributed by atoms with Crippen molar-refractivity contribution in [1.82, 2.24) is 4.72 Å². The largest absolute Gasteiger partial charge is 0.457 e. The Morgan fingerprint density at radius 2 is 1.52 bits per heavy atom. The Morgan fingerprint density at radius 3 is 2.19 bits per heavy atom. The molecule has 0 fully saturated rings. The van der Waals surface area contributed by atoms with E-state index in [-0.39, 0.29) is 10.8 Å². The minimum Gasteiger partial charge on any atom is -0.457 e. The Bertz CT molecular complexity index is 1030. The van der Waals surface area contributed by atoms with Crippen LogP contribution in [-0.4, -0.2) is 21.4 Å². The third-order valence-electron chi connectivity index (χ3n) is 3.77. The van der Waals surface area contributed by atoms with Crippen LogP contribution in [0, 0.1) is 0 Å². The van der Waals surface area contributed by atoms with Crippen molar-refractivity contribution in [2.24, 2.45) is 0 Å². The maximum absolute atomic E-state index is 12.5. The van der Waals surface area contributed by atoms with Gasteiger partial charge < -0.3 is 10.1 Å². The third kappa shape index (κ3) is 4.72. The van der Waals surface area contributed by atoms with Gasteiger partial charge in [0.15, 0.2) is 0 Å². The lowest BCUT2D eigenvalue weighted by Gasteiger charge is -2.09. The number of carbonyl (C=O) groups is 1. The van der Waals surface area contributed by atoms with Crippen molar-refractivity contribution in [3.63, 3.8) is 0 Å². The average molecular weight is 382 g/mol. The lowest BCUT2D eigenvalue weighted by atomic mass is 10.2. The molecule has 0 aliphatic rings. The van der Waals surface area contributed by atoms with E-state index in [1.54, 1.807) is 24.3 Å². The van der Waals surface area contributed by atoms with Gasteiger partial charge in [0.2, 0.25) is 10.0 Å². The molecule has 3 aromatic carbocycles. The van der Waals surface area contributed by atoms with E-state index in [2.05, 4.69) is 10.0 Å². The maximum Gasteiger partial charge on any atom is 0.255 e. The van der Waals surface area contributed by atoms with Crippen LogP contribution in [0.1, 0.15) is 10.4 Å². The van der Waals surface area contributed by atoms with Gasteiger partial charge in [-0.25, -0.2) is 13.1 Å². The maximum atomic E-state index is 12.5. The van der Waals surface area contributed by atoms with Crippen molar-refractivity contribution in [2.45, 2.75) is 4.90 Å². The SMILES string of the molecule is CNS(=O)(=O)c1ccc(NC(=O)c2cccc(Oc3ccccc3)c2)cc1. The van der Waals surface area contributed by atoms with E-state index >= 15 is 0 Å². The van der Waals surface area contributed by atoms with Crippen LogP contribution in [0.2, 0.25) is 0 Å². The van der Waals surface area contributed by atoms with Crippen LogP contribution in [0.25, 0.3) is 0 Å². The molecule has 3 aromatic rings. The molecule has 0 saturated heterocycles. The van der Waals surface area contributed by atoms with E-state index in [1.165, 1.54) is 31.3 Å². The first kappa shape index (κ1) is 18.6. The summed E-state index contributed by atoms with van der Waals surface area (Å²) >= 11 is 0. The third-order valence-corrected chi connectivity index (χ3v) is 5.20. The molecule has 0 radical (unpaired) electrons. The van der Waals surface area contributed by atoms with Crippen LogP contribution in [0.3, 0.4) is 0 Å². The fourth-order valence-corrected chi connectivity index (χ4v) is 3.09. The molecular formula is C20H18N2O4S. The van der Waals surface area contributed by atoms with Crippen molar-refractivity contribution >= 4 is 21.6 Å². The van der Waals surface area contributed by atoms with Crippen molar-refractivity contribution in [3.05, 3.63) is 84.4 Å². The Morgan fingerprint density at radius 1 is 0.852 bits per heavy atom. The molecular weight excluding hydrogens is 364 g/mol. The molecule has 27 heavy (non-hydrogen) atoms. The number of nitrogens with one attached hydrogen (secondary N) is 2. The number of para-hydroxylation sites is 1. The average Bonchev–Trinajstić information content (AvgIpc) is 2.69. The fraction of sp³-hybridized carbons (Fsp3) is 0.0500. The van der Waals surface area contributed by atoms with E-state index in [0.717, 1.165) is 0 Å². The second-order valence-corrected chi connectivity index (χ2v) is 7.52. The minimum atomic E-state index is -3.51. The van der Waals surface area contributed by atoms with E-state index < -0.39 is 10.0 Å². The van der Waals surface area contributed by atoms with Gasteiger partial charge in [0.25, 0.3) is 5.91 Å². The quantitative estimate of drug-likeness (QED) is 0.682. The molecule has 0 bridgehead atoms. The Kier molecular flexibility index (Phi) is 5.54. The van der Waals surface area contributed by atoms with Gasteiger partial charge in [0, 0.05) is 11.3 Å². The van der Waals surface area contributed by atoms with Crippen LogP contribution in [0.5, 0.6) is 11.5 Å². The van der Waals surface area contributed by atoms with E-state index in [1.807, 2.05) is 30.3 Å². The van der Waals surface area contributed by atoms with Gasteiger partial charge in [0.05, 0.1) is 4.90 Å². The molecule has 0 saturated carbocycles. The first-order valence-corrected chi connectivity index (χ1v) is 9.64. The zero-order valence-electron chi connectivity index (χ0n) is 14.5. The van der Waals surface area contributed by atoms with Crippen molar-refractivity contribution in [1.29, 1.82) is 0 Å². The molecule has 3 rings (SSSR count). The van der Waals surface area contributed by atoms with Crippen LogP contribution >= 0.6 is 0 Å². The second-order valence-electron chi connectivity index (χ2n) is 5.63. The zero-order valence-corrected chi connectivity index (χ0v) is 15.4. The monoisotopic (exact) mass is 382 g/mol. The number of hydrogen-bond donors (Lipinski definition) is 2. The predicted octanol–water partition coefficient (Wildman–Crippen LogP) is 3.64. The van der Waals surface area contributed by atoms with Gasteiger partial charge in [-0.05, 0) is 61.6 Å². The Hall–Kier alpha value is -3.16. The molecule has 0 atom stereocenters. The van der Waals surface area contributed by atoms with Gasteiger partial charge in [-0.3, -0.25) is 4.79 Å². The van der Waals surface area contributed by atoms with Crippen molar-refractivity contribution in [3.8, 4) is 11.5 Å². The number of amides is 1. The minimum absolute atomic E-state index is 0.126. The first-order chi connectivity index (χ1) is 13.0. The van der Waals surface area contributed by atoms with Crippen molar-refractivity contribution in [2.75, 3.05) is 12.4 Å². The second kappa shape index (κ2) is 8.03. The molecule has 0 aliphatic heterocycles. The number of anilines is 1. The highest BCUT2D eigenvalue weighted by atomic mass is 32.2. The standard InChI is InChI=1S/C20H18N2O4S/c1-21-27(24,25)19-12-10-16(11-13-19)22-20(23)15-6-5-9-18(14-15)26-17-7-3-2-4-8-17/h2-14,21H,1H3,(H,22,23). The lowest BCUT2D eigenvalue weighted by Crippen LogP contribution is -2.18. The summed E-state index contributed by atoms with van der Waals surface area (Å²) in [6, 6.07) is 22.0. The van der Waals surface area contributed by atoms with Crippen LogP contribution in [-0.2, 0) is 10.0 Å². The first-order valence-electron chi connectivity index (χ1n) is 8.16. The molecule has 6 nitrogen and oxygen atoms in total. The lowest BCUT2D eigenvalue weighted by molar-refractivity contribution is 0.102. The fourth-order valence-electron chi connectivity index (χ4n) is 2.36. The summed E-state index contributed by atoms with van der Waals surface area (Å²) < 4.78 is 31.4. The summed E-state index contributed by atoms with van der Waals surface area (Å²) in [4.78, 5) is 12.6. The molecule has 1 amide bonds. The summed E-state index contributed by atoms with van der Waals surface area (Å²) in [5.41, 5.74) is 0.916. The molecule has 0 unspecified atom stereocenters. The van der Waals surface area contributed by atoms with E-state index in [9.17, 15) is 13.2 Å². The number of ether oxygens (including phenoxy) is 1. The van der Waals surface area contributed by atoms with Gasteiger partial charge in [-0.15, -0.1) is 0 Å². The summed E-state index contributed by atoms with van der Waals surface area (Å²) in [5, 5.41) is 2.74. The molecule has 7 heteroatoms. The number of hydrogen-bond acceptors (Lipinski definition) is 4. The molecule has 0 aromatic heterocycles.